The minimum atomic E-state index is -3.96. The van der Waals surface area contributed by atoms with E-state index >= 15 is 0 Å². The largest absolute Gasteiger partial charge is 0.443 e. The highest BCUT2D eigenvalue weighted by molar-refractivity contribution is 7.89. The number of rotatable bonds is 7. The Hall–Kier alpha value is -3.60. The summed E-state index contributed by atoms with van der Waals surface area (Å²) in [6, 6.07) is 15.0. The Bertz CT molecular complexity index is 1430. The average Bonchev–Trinajstić information content (AvgIpc) is 3.56. The van der Waals surface area contributed by atoms with Crippen LogP contribution in [-0.2, 0) is 28.0 Å². The van der Waals surface area contributed by atoms with Gasteiger partial charge in [0.1, 0.15) is 11.6 Å². The molecule has 0 bridgehead atoms. The highest BCUT2D eigenvalue weighted by Crippen LogP contribution is 2.30. The lowest BCUT2D eigenvalue weighted by Crippen LogP contribution is -2.45. The van der Waals surface area contributed by atoms with E-state index in [1.165, 1.54) is 10.4 Å². The Morgan fingerprint density at radius 1 is 1.14 bits per heavy atom. The van der Waals surface area contributed by atoms with Gasteiger partial charge < -0.3 is 14.8 Å². The van der Waals surface area contributed by atoms with E-state index in [1.807, 2.05) is 18.2 Å². The molecule has 0 saturated carbocycles. The van der Waals surface area contributed by atoms with E-state index in [9.17, 15) is 13.2 Å². The minimum absolute atomic E-state index is 0.135. The number of amides is 1. The van der Waals surface area contributed by atoms with Gasteiger partial charge in [0.15, 0.2) is 0 Å². The number of sulfonamides is 1. The molecule has 0 unspecified atom stereocenters. The zero-order valence-corrected chi connectivity index (χ0v) is 19.6. The number of hydrogen-bond acceptors (Lipinski definition) is 7. The van der Waals surface area contributed by atoms with E-state index in [-0.39, 0.29) is 30.7 Å². The summed E-state index contributed by atoms with van der Waals surface area (Å²) < 4.78 is 33.3. The summed E-state index contributed by atoms with van der Waals surface area (Å²) in [5.74, 6) is -0.352. The molecule has 1 amide bonds. The summed E-state index contributed by atoms with van der Waals surface area (Å²) in [6.45, 7) is 0.350. The zero-order chi connectivity index (χ0) is 24.4. The number of carbonyl (C=O) groups excluding carboxylic acids is 1. The van der Waals surface area contributed by atoms with Gasteiger partial charge in [-0.05, 0) is 48.7 Å². The van der Waals surface area contributed by atoms with Gasteiger partial charge >= 0.3 is 0 Å². The van der Waals surface area contributed by atoms with Gasteiger partial charge in [0.25, 0.3) is 10.0 Å². The first kappa shape index (κ1) is 23.2. The summed E-state index contributed by atoms with van der Waals surface area (Å²) in [7, 11) is -3.96. The van der Waals surface area contributed by atoms with E-state index in [1.54, 1.807) is 42.7 Å². The first-order valence-corrected chi connectivity index (χ1v) is 12.7. The van der Waals surface area contributed by atoms with Gasteiger partial charge in [0.2, 0.25) is 11.0 Å². The van der Waals surface area contributed by atoms with E-state index in [0.717, 1.165) is 11.1 Å². The molecule has 3 aromatic heterocycles. The molecule has 9 nitrogen and oxygen atoms in total. The Morgan fingerprint density at radius 3 is 2.77 bits per heavy atom. The Morgan fingerprint density at radius 2 is 2.00 bits per heavy atom. The molecule has 1 aliphatic rings. The van der Waals surface area contributed by atoms with Gasteiger partial charge in [-0.1, -0.05) is 18.2 Å². The predicted octanol–water partition coefficient (Wildman–Crippen LogP) is 2.85. The third-order valence-corrected chi connectivity index (χ3v) is 7.81. The first-order chi connectivity index (χ1) is 17.0. The zero-order valence-electron chi connectivity index (χ0n) is 18.8. The lowest BCUT2D eigenvalue weighted by molar-refractivity contribution is -0.124. The predicted molar refractivity (Wildman–Crippen MR) is 128 cm³/mol. The maximum atomic E-state index is 13.3. The number of pyridine rings is 2. The van der Waals surface area contributed by atoms with Gasteiger partial charge in [-0.15, -0.1) is 0 Å². The van der Waals surface area contributed by atoms with Gasteiger partial charge in [0.05, 0.1) is 18.0 Å². The molecular formula is C25H24N4O5S. The second-order valence-electron chi connectivity index (χ2n) is 8.34. The molecule has 10 heteroatoms. The summed E-state index contributed by atoms with van der Waals surface area (Å²) in [5, 5.41) is 12.6. The summed E-state index contributed by atoms with van der Waals surface area (Å²) >= 11 is 0. The smallest absolute Gasteiger partial charge is 0.277 e. The van der Waals surface area contributed by atoms with Crippen molar-refractivity contribution in [3.8, 4) is 11.3 Å². The van der Waals surface area contributed by atoms with Crippen LogP contribution >= 0.6 is 0 Å². The van der Waals surface area contributed by atoms with Crippen LogP contribution in [0, 0.1) is 0 Å². The van der Waals surface area contributed by atoms with Crippen LogP contribution in [-0.4, -0.2) is 46.3 Å². The molecule has 1 atom stereocenters. The molecule has 5 rings (SSSR count). The number of nitrogens with one attached hydrogen (secondary N) is 1. The number of furan rings is 1. The van der Waals surface area contributed by atoms with Gasteiger partial charge in [0, 0.05) is 42.5 Å². The van der Waals surface area contributed by atoms with Crippen molar-refractivity contribution < 1.29 is 22.7 Å². The van der Waals surface area contributed by atoms with Crippen molar-refractivity contribution in [1.29, 1.82) is 0 Å². The molecule has 180 valence electrons. The number of aromatic nitrogens is 2. The summed E-state index contributed by atoms with van der Waals surface area (Å²) in [5.41, 5.74) is 3.34. The number of aliphatic hydroxyl groups excluding tert-OH is 1. The molecular weight excluding hydrogens is 468 g/mol. The number of para-hydroxylation sites is 1. The maximum Gasteiger partial charge on any atom is 0.277 e. The number of fused-ring (bicyclic) bond motifs is 1. The van der Waals surface area contributed by atoms with Crippen LogP contribution in [0.15, 0.2) is 76.5 Å². The van der Waals surface area contributed by atoms with E-state index in [4.69, 9.17) is 9.52 Å². The van der Waals surface area contributed by atoms with Crippen molar-refractivity contribution in [2.75, 3.05) is 6.54 Å². The maximum absolute atomic E-state index is 13.3. The fraction of sp³-hybridized carbons (Fsp3) is 0.240. The fourth-order valence-corrected chi connectivity index (χ4v) is 5.82. The van der Waals surface area contributed by atoms with Crippen LogP contribution in [0.3, 0.4) is 0 Å². The number of aliphatic hydroxyl groups is 1. The molecule has 1 saturated heterocycles. The van der Waals surface area contributed by atoms with Crippen LogP contribution in [0.1, 0.15) is 24.1 Å². The first-order valence-electron chi connectivity index (χ1n) is 11.2. The highest BCUT2D eigenvalue weighted by Gasteiger charge is 2.41. The lowest BCUT2D eigenvalue weighted by Gasteiger charge is -2.22. The van der Waals surface area contributed by atoms with Crippen LogP contribution < -0.4 is 5.32 Å². The standard InChI is InChI=1S/C25H24N4O5S/c30-16-20-8-7-19(15-27-20)21-12-17(9-10-26-21)14-28-25(31)22-5-3-11-29(22)35(32,33)24-13-18-4-1-2-6-23(18)34-24/h1-2,4,6-10,12-13,15,22,30H,3,5,11,14,16H2,(H,28,31)/t22-/m0/s1. The molecule has 35 heavy (non-hydrogen) atoms. The minimum Gasteiger partial charge on any atom is -0.443 e. The Labute approximate surface area is 202 Å². The van der Waals surface area contributed by atoms with Crippen molar-refractivity contribution >= 4 is 26.9 Å². The molecule has 4 aromatic rings. The molecule has 0 radical (unpaired) electrons. The quantitative estimate of drug-likeness (QED) is 0.406. The number of benzene rings is 1. The van der Waals surface area contributed by atoms with Crippen LogP contribution in [0.2, 0.25) is 0 Å². The Kier molecular flexibility index (Phi) is 6.33. The number of carbonyl (C=O) groups is 1. The van der Waals surface area contributed by atoms with Crippen LogP contribution in [0.5, 0.6) is 0 Å². The number of nitrogens with zero attached hydrogens (tertiary/aromatic N) is 3. The SMILES string of the molecule is O=C(NCc1ccnc(-c2ccc(CO)nc2)c1)[C@@H]1CCCN1S(=O)(=O)c1cc2ccccc2o1. The normalized spacial score (nSPS) is 16.5. The van der Waals surface area contributed by atoms with Crippen molar-refractivity contribution in [1.82, 2.24) is 19.6 Å². The van der Waals surface area contributed by atoms with Gasteiger partial charge in [-0.25, -0.2) is 8.42 Å². The summed E-state index contributed by atoms with van der Waals surface area (Å²) in [4.78, 5) is 21.5. The molecule has 0 aliphatic carbocycles. The highest BCUT2D eigenvalue weighted by atomic mass is 32.2. The average molecular weight is 493 g/mol. The molecule has 2 N–H and O–H groups in total. The van der Waals surface area contributed by atoms with E-state index < -0.39 is 16.1 Å². The molecule has 1 aliphatic heterocycles. The second-order valence-corrected chi connectivity index (χ2v) is 10.2. The second kappa shape index (κ2) is 9.57. The monoisotopic (exact) mass is 492 g/mol. The van der Waals surface area contributed by atoms with Crippen LogP contribution in [0.25, 0.3) is 22.2 Å². The van der Waals surface area contributed by atoms with E-state index in [2.05, 4.69) is 15.3 Å². The van der Waals surface area contributed by atoms with Crippen LogP contribution in [0.4, 0.5) is 0 Å². The topological polar surface area (TPSA) is 126 Å². The Balaban J connectivity index is 1.29. The summed E-state index contributed by atoms with van der Waals surface area (Å²) in [6.07, 6.45) is 4.31. The van der Waals surface area contributed by atoms with Crippen molar-refractivity contribution in [3.63, 3.8) is 0 Å². The van der Waals surface area contributed by atoms with Gasteiger partial charge in [-0.2, -0.15) is 4.31 Å². The van der Waals surface area contributed by atoms with Gasteiger partial charge in [-0.3, -0.25) is 14.8 Å². The lowest BCUT2D eigenvalue weighted by atomic mass is 10.1. The van der Waals surface area contributed by atoms with E-state index in [0.29, 0.717) is 35.2 Å². The molecule has 0 spiro atoms. The third kappa shape index (κ3) is 4.68. The molecule has 1 fully saturated rings. The molecule has 1 aromatic carbocycles. The number of hydrogen-bond donors (Lipinski definition) is 2. The third-order valence-electron chi connectivity index (χ3n) is 6.05. The molecule has 4 heterocycles. The van der Waals surface area contributed by atoms with Crippen molar-refractivity contribution in [3.05, 3.63) is 78.2 Å². The fourth-order valence-electron chi connectivity index (χ4n) is 4.21. The van der Waals surface area contributed by atoms with Crippen molar-refractivity contribution in [2.24, 2.45) is 0 Å². The van der Waals surface area contributed by atoms with Crippen molar-refractivity contribution in [2.45, 2.75) is 37.1 Å².